The van der Waals surface area contributed by atoms with Crippen molar-refractivity contribution in [1.29, 1.82) is 0 Å². The van der Waals surface area contributed by atoms with Crippen molar-refractivity contribution >= 4 is 21.8 Å². The summed E-state index contributed by atoms with van der Waals surface area (Å²) >= 11 is 0. The maximum absolute atomic E-state index is 12.5. The Kier molecular flexibility index (Phi) is 8.56. The topological polar surface area (TPSA) is 95.6 Å². The van der Waals surface area contributed by atoms with Crippen molar-refractivity contribution in [3.63, 3.8) is 0 Å². The van der Waals surface area contributed by atoms with E-state index < -0.39 is 21.8 Å². The smallest absolute Gasteiger partial charge is 0.309 e. The van der Waals surface area contributed by atoms with Gasteiger partial charge in [-0.05, 0) is 36.6 Å². The molecule has 0 bridgehead atoms. The first-order valence-corrected chi connectivity index (χ1v) is 11.5. The molecule has 0 aromatic heterocycles. The number of hydrogen-bond acceptors (Lipinski definition) is 4. The number of benzene rings is 2. The molecule has 0 saturated carbocycles. The molecule has 0 heterocycles. The Balaban J connectivity index is 1.84. The van der Waals surface area contributed by atoms with E-state index in [9.17, 15) is 18.0 Å². The van der Waals surface area contributed by atoms with E-state index in [2.05, 4.69) is 10.6 Å². The molecule has 2 aromatic carbocycles. The number of hydrogen-bond donors (Lipinski definition) is 2. The molecular formula is C22H29N3O4S. The molecule has 30 heavy (non-hydrogen) atoms. The summed E-state index contributed by atoms with van der Waals surface area (Å²) in [4.78, 5) is 24.3. The van der Waals surface area contributed by atoms with Gasteiger partial charge < -0.3 is 10.6 Å². The lowest BCUT2D eigenvalue weighted by atomic mass is 10.1. The predicted molar refractivity (Wildman–Crippen MR) is 116 cm³/mol. The number of carbonyl (C=O) groups is 2. The summed E-state index contributed by atoms with van der Waals surface area (Å²) < 4.78 is 26.4. The number of sulfonamides is 1. The first kappa shape index (κ1) is 23.6. The first-order valence-electron chi connectivity index (χ1n) is 10.0. The minimum absolute atomic E-state index is 0.244. The van der Waals surface area contributed by atoms with Crippen LogP contribution in [0, 0.1) is 0 Å². The lowest BCUT2D eigenvalue weighted by molar-refractivity contribution is -0.139. The third-order valence-corrected chi connectivity index (χ3v) is 6.88. The maximum Gasteiger partial charge on any atom is 0.309 e. The third-order valence-electron chi connectivity index (χ3n) is 4.82. The molecule has 2 amide bonds. The van der Waals surface area contributed by atoms with Gasteiger partial charge in [0.25, 0.3) is 0 Å². The summed E-state index contributed by atoms with van der Waals surface area (Å²) in [6, 6.07) is 15.7. The van der Waals surface area contributed by atoms with Crippen molar-refractivity contribution in [1.82, 2.24) is 14.9 Å². The second kappa shape index (κ2) is 10.9. The van der Waals surface area contributed by atoms with E-state index in [1.165, 1.54) is 4.31 Å². The zero-order valence-electron chi connectivity index (χ0n) is 17.6. The molecule has 0 aliphatic heterocycles. The Morgan fingerprint density at radius 1 is 0.933 bits per heavy atom. The molecule has 2 rings (SSSR count). The van der Waals surface area contributed by atoms with Crippen LogP contribution in [0.15, 0.2) is 59.5 Å². The van der Waals surface area contributed by atoms with Gasteiger partial charge in [0, 0.05) is 19.6 Å². The molecule has 0 radical (unpaired) electrons. The van der Waals surface area contributed by atoms with Crippen molar-refractivity contribution in [2.45, 2.75) is 38.1 Å². The maximum atomic E-state index is 12.5. The highest BCUT2D eigenvalue weighted by Crippen LogP contribution is 2.16. The lowest BCUT2D eigenvalue weighted by Gasteiger charge is -2.18. The van der Waals surface area contributed by atoms with Crippen molar-refractivity contribution in [3.8, 4) is 0 Å². The molecule has 2 aromatic rings. The Morgan fingerprint density at radius 3 is 2.10 bits per heavy atom. The summed E-state index contributed by atoms with van der Waals surface area (Å²) in [5, 5.41) is 5.26. The number of rotatable bonds is 9. The van der Waals surface area contributed by atoms with Crippen molar-refractivity contribution in [3.05, 3.63) is 65.7 Å². The molecule has 0 spiro atoms. The van der Waals surface area contributed by atoms with Crippen LogP contribution in [0.4, 0.5) is 0 Å². The highest BCUT2D eigenvalue weighted by molar-refractivity contribution is 7.89. The van der Waals surface area contributed by atoms with Crippen LogP contribution in [0.1, 0.15) is 37.9 Å². The molecule has 0 saturated heterocycles. The van der Waals surface area contributed by atoms with Crippen LogP contribution in [0.25, 0.3) is 0 Å². The van der Waals surface area contributed by atoms with Gasteiger partial charge in [0.05, 0.1) is 10.9 Å². The molecule has 162 valence electrons. The van der Waals surface area contributed by atoms with E-state index >= 15 is 0 Å². The highest BCUT2D eigenvalue weighted by atomic mass is 32.2. The molecule has 1 atom stereocenters. The second-order valence-corrected chi connectivity index (χ2v) is 8.78. The fraction of sp³-hybridized carbons (Fsp3) is 0.364. The molecule has 7 nitrogen and oxygen atoms in total. The van der Waals surface area contributed by atoms with E-state index in [4.69, 9.17) is 0 Å². The first-order chi connectivity index (χ1) is 14.3. The third kappa shape index (κ3) is 6.14. The minimum Gasteiger partial charge on any atom is -0.348 e. The van der Waals surface area contributed by atoms with Gasteiger partial charge in [-0.25, -0.2) is 8.42 Å². The molecule has 0 aliphatic rings. The summed E-state index contributed by atoms with van der Waals surface area (Å²) in [6.45, 7) is 6.52. The van der Waals surface area contributed by atoms with E-state index in [1.54, 1.807) is 38.1 Å². The zero-order chi connectivity index (χ0) is 22.1. The number of nitrogens with one attached hydrogen (secondary N) is 2. The van der Waals surface area contributed by atoms with Crippen molar-refractivity contribution in [2.24, 2.45) is 0 Å². The lowest BCUT2D eigenvalue weighted by Crippen LogP contribution is -2.41. The normalized spacial score (nSPS) is 12.4. The van der Waals surface area contributed by atoms with E-state index in [-0.39, 0.29) is 17.5 Å². The van der Waals surface area contributed by atoms with Gasteiger partial charge >= 0.3 is 11.8 Å². The van der Waals surface area contributed by atoms with Crippen LogP contribution in [0.2, 0.25) is 0 Å². The van der Waals surface area contributed by atoms with Gasteiger partial charge in [-0.15, -0.1) is 0 Å². The SMILES string of the molecule is CCN(CC)S(=O)(=O)c1ccc(CCNC(=O)C(=O)NC(C)c2ccccc2)cc1. The molecule has 1 unspecified atom stereocenters. The van der Waals surface area contributed by atoms with Gasteiger partial charge in [0.1, 0.15) is 0 Å². The van der Waals surface area contributed by atoms with Crippen LogP contribution in [-0.4, -0.2) is 44.2 Å². The van der Waals surface area contributed by atoms with E-state index in [0.29, 0.717) is 19.5 Å². The Morgan fingerprint density at radius 2 is 1.53 bits per heavy atom. The van der Waals surface area contributed by atoms with Crippen molar-refractivity contribution in [2.75, 3.05) is 19.6 Å². The zero-order valence-corrected chi connectivity index (χ0v) is 18.4. The van der Waals surface area contributed by atoms with Gasteiger partial charge in [-0.1, -0.05) is 56.3 Å². The van der Waals surface area contributed by atoms with Crippen LogP contribution < -0.4 is 10.6 Å². The van der Waals surface area contributed by atoms with E-state index in [1.807, 2.05) is 37.3 Å². The second-order valence-electron chi connectivity index (χ2n) is 6.85. The molecule has 8 heteroatoms. The fourth-order valence-electron chi connectivity index (χ4n) is 3.03. The number of carbonyl (C=O) groups excluding carboxylic acids is 2. The van der Waals surface area contributed by atoms with Crippen LogP contribution in [0.5, 0.6) is 0 Å². The summed E-state index contributed by atoms with van der Waals surface area (Å²) in [5.74, 6) is -1.38. The average molecular weight is 432 g/mol. The fourth-order valence-corrected chi connectivity index (χ4v) is 4.49. The molecule has 0 aliphatic carbocycles. The van der Waals surface area contributed by atoms with Gasteiger partial charge in [-0.3, -0.25) is 9.59 Å². The van der Waals surface area contributed by atoms with Gasteiger partial charge in [-0.2, -0.15) is 4.31 Å². The van der Waals surface area contributed by atoms with Crippen LogP contribution in [0.3, 0.4) is 0 Å². The van der Waals surface area contributed by atoms with Crippen LogP contribution in [-0.2, 0) is 26.0 Å². The minimum atomic E-state index is -3.49. The van der Waals surface area contributed by atoms with Crippen LogP contribution >= 0.6 is 0 Å². The molecular weight excluding hydrogens is 402 g/mol. The predicted octanol–water partition coefficient (Wildman–Crippen LogP) is 2.25. The Bertz CT molecular complexity index is 940. The summed E-state index contributed by atoms with van der Waals surface area (Å²) in [6.07, 6.45) is 0.485. The quantitative estimate of drug-likeness (QED) is 0.596. The van der Waals surface area contributed by atoms with Gasteiger partial charge in [0.2, 0.25) is 10.0 Å². The van der Waals surface area contributed by atoms with Gasteiger partial charge in [0.15, 0.2) is 0 Å². The number of nitrogens with zero attached hydrogens (tertiary/aromatic N) is 1. The largest absolute Gasteiger partial charge is 0.348 e. The number of amides is 2. The highest BCUT2D eigenvalue weighted by Gasteiger charge is 2.21. The summed E-state index contributed by atoms with van der Waals surface area (Å²) in [7, 11) is -3.49. The molecule has 0 fully saturated rings. The Hall–Kier alpha value is -2.71. The Labute approximate surface area is 178 Å². The van der Waals surface area contributed by atoms with Crippen molar-refractivity contribution < 1.29 is 18.0 Å². The van der Waals surface area contributed by atoms with E-state index in [0.717, 1.165) is 11.1 Å². The average Bonchev–Trinajstić information content (AvgIpc) is 2.75. The standard InChI is InChI=1S/C22H29N3O4S/c1-4-25(5-2)30(28,29)20-13-11-18(12-14-20)15-16-23-21(26)22(27)24-17(3)19-9-7-6-8-10-19/h6-14,17H,4-5,15-16H2,1-3H3,(H,23,26)(H,24,27). The molecule has 2 N–H and O–H groups in total. The monoisotopic (exact) mass is 431 g/mol. The summed E-state index contributed by atoms with van der Waals surface area (Å²) in [5.41, 5.74) is 1.78.